The minimum Gasteiger partial charge on any atom is -0.338 e. The molecule has 2 N–H and O–H groups in total. The number of urea groups is 1. The van der Waals surface area contributed by atoms with Gasteiger partial charge in [0.1, 0.15) is 0 Å². The number of anilines is 1. The second-order valence-electron chi connectivity index (χ2n) is 4.28. The molecule has 1 rings (SSSR count). The van der Waals surface area contributed by atoms with Gasteiger partial charge in [-0.3, -0.25) is 0 Å². The molecule has 7 heteroatoms. The van der Waals surface area contributed by atoms with Gasteiger partial charge in [0.25, 0.3) is 0 Å². The maximum atomic E-state index is 12.6. The lowest BCUT2D eigenvalue weighted by atomic mass is 10.2. The predicted octanol–water partition coefficient (Wildman–Crippen LogP) is 4.67. The molecule has 0 bridgehead atoms. The van der Waals surface area contributed by atoms with Crippen molar-refractivity contribution in [1.29, 1.82) is 0 Å². The van der Waals surface area contributed by atoms with Gasteiger partial charge in [0.2, 0.25) is 0 Å². The third kappa shape index (κ3) is 5.28. The molecule has 3 nitrogen and oxygen atoms in total. The van der Waals surface area contributed by atoms with Gasteiger partial charge in [0, 0.05) is 12.2 Å². The van der Waals surface area contributed by atoms with Crippen LogP contribution in [0, 0.1) is 0 Å². The van der Waals surface area contributed by atoms with Crippen LogP contribution in [0.15, 0.2) is 18.2 Å². The number of carbonyl (C=O) groups is 1. The Kier molecular flexibility index (Phi) is 6.13. The van der Waals surface area contributed by atoms with Gasteiger partial charge < -0.3 is 10.6 Å². The van der Waals surface area contributed by atoms with Crippen molar-refractivity contribution in [2.24, 2.45) is 0 Å². The van der Waals surface area contributed by atoms with Crippen molar-refractivity contribution in [3.05, 3.63) is 28.8 Å². The molecule has 0 aromatic heterocycles. The van der Waals surface area contributed by atoms with E-state index in [9.17, 15) is 18.0 Å². The van der Waals surface area contributed by atoms with Gasteiger partial charge in [-0.05, 0) is 24.6 Å². The van der Waals surface area contributed by atoms with E-state index in [1.807, 2.05) is 6.92 Å². The summed E-state index contributed by atoms with van der Waals surface area (Å²) >= 11 is 5.49. The van der Waals surface area contributed by atoms with E-state index in [4.69, 9.17) is 11.6 Å². The zero-order valence-corrected chi connectivity index (χ0v) is 11.7. The zero-order valence-electron chi connectivity index (χ0n) is 11.0. The minimum atomic E-state index is -4.55. The Labute approximate surface area is 120 Å². The van der Waals surface area contributed by atoms with Crippen molar-refractivity contribution in [3.8, 4) is 0 Å². The highest BCUT2D eigenvalue weighted by atomic mass is 35.5. The molecule has 112 valence electrons. The van der Waals surface area contributed by atoms with Crippen molar-refractivity contribution < 1.29 is 18.0 Å². The highest BCUT2D eigenvalue weighted by Gasteiger charge is 2.33. The first kappa shape index (κ1) is 16.6. The number of halogens is 4. The molecule has 0 saturated heterocycles. The van der Waals surface area contributed by atoms with Gasteiger partial charge in [-0.15, -0.1) is 0 Å². The quantitative estimate of drug-likeness (QED) is 0.762. The van der Waals surface area contributed by atoms with E-state index >= 15 is 0 Å². The second-order valence-corrected chi connectivity index (χ2v) is 4.69. The first-order valence-electron chi connectivity index (χ1n) is 6.26. The summed E-state index contributed by atoms with van der Waals surface area (Å²) in [5, 5.41) is 4.53. The second kappa shape index (κ2) is 7.38. The Morgan fingerprint density at radius 1 is 1.30 bits per heavy atom. The number of amides is 2. The summed E-state index contributed by atoms with van der Waals surface area (Å²) in [4.78, 5) is 11.5. The average molecular weight is 309 g/mol. The number of benzene rings is 1. The van der Waals surface area contributed by atoms with Crippen molar-refractivity contribution in [2.75, 3.05) is 11.9 Å². The largest absolute Gasteiger partial charge is 0.417 e. The Morgan fingerprint density at radius 3 is 2.60 bits per heavy atom. The lowest BCUT2D eigenvalue weighted by Crippen LogP contribution is -2.29. The number of carbonyl (C=O) groups excluding carboxylic acids is 1. The monoisotopic (exact) mass is 308 g/mol. The summed E-state index contributed by atoms with van der Waals surface area (Å²) < 4.78 is 37.9. The van der Waals surface area contributed by atoms with Crippen molar-refractivity contribution in [2.45, 2.75) is 32.4 Å². The normalized spacial score (nSPS) is 11.2. The van der Waals surface area contributed by atoms with Gasteiger partial charge in [0.15, 0.2) is 0 Å². The van der Waals surface area contributed by atoms with E-state index in [-0.39, 0.29) is 5.69 Å². The summed E-state index contributed by atoms with van der Waals surface area (Å²) in [6.07, 6.45) is -1.71. The van der Waals surface area contributed by atoms with Crippen molar-refractivity contribution >= 4 is 23.3 Å². The standard InChI is InChI=1S/C13H16ClF3N2O/c1-2-3-4-7-18-12(20)19-9-5-6-11(14)10(8-9)13(15,16)17/h5-6,8H,2-4,7H2,1H3,(H2,18,19,20). The van der Waals surface area contributed by atoms with E-state index in [0.717, 1.165) is 31.4 Å². The molecule has 0 spiro atoms. The minimum absolute atomic E-state index is 0.0507. The van der Waals surface area contributed by atoms with Crippen LogP contribution in [-0.4, -0.2) is 12.6 Å². The Bertz CT molecular complexity index is 463. The fourth-order valence-corrected chi connectivity index (χ4v) is 1.80. The lowest BCUT2D eigenvalue weighted by molar-refractivity contribution is -0.137. The van der Waals surface area contributed by atoms with Crippen molar-refractivity contribution in [3.63, 3.8) is 0 Å². The topological polar surface area (TPSA) is 41.1 Å². The molecule has 0 fully saturated rings. The zero-order chi connectivity index (χ0) is 15.2. The fraction of sp³-hybridized carbons (Fsp3) is 0.462. The number of hydrogen-bond acceptors (Lipinski definition) is 1. The van der Waals surface area contributed by atoms with E-state index in [1.165, 1.54) is 6.07 Å². The molecule has 0 unspecified atom stereocenters. The SMILES string of the molecule is CCCCCNC(=O)Nc1ccc(Cl)c(C(F)(F)F)c1. The third-order valence-electron chi connectivity index (χ3n) is 2.60. The predicted molar refractivity (Wildman–Crippen MR) is 73.0 cm³/mol. The van der Waals surface area contributed by atoms with Crippen molar-refractivity contribution in [1.82, 2.24) is 5.32 Å². The summed E-state index contributed by atoms with van der Waals surface area (Å²) in [5.41, 5.74) is -0.919. The van der Waals surface area contributed by atoms with Crippen LogP contribution >= 0.6 is 11.6 Å². The molecular formula is C13H16ClF3N2O. The molecule has 20 heavy (non-hydrogen) atoms. The van der Waals surface area contributed by atoms with E-state index in [0.29, 0.717) is 6.54 Å². The first-order valence-corrected chi connectivity index (χ1v) is 6.64. The summed E-state index contributed by atoms with van der Waals surface area (Å²) in [5.74, 6) is 0. The van der Waals surface area contributed by atoms with E-state index in [1.54, 1.807) is 0 Å². The van der Waals surface area contributed by atoms with Crippen LogP contribution in [0.1, 0.15) is 31.7 Å². The Balaban J connectivity index is 2.62. The number of hydrogen-bond donors (Lipinski definition) is 2. The van der Waals surface area contributed by atoms with Crippen LogP contribution in [0.25, 0.3) is 0 Å². The summed E-state index contributed by atoms with van der Waals surface area (Å²) in [6.45, 7) is 2.52. The number of nitrogens with one attached hydrogen (secondary N) is 2. The van der Waals surface area contributed by atoms with Crippen LogP contribution < -0.4 is 10.6 Å². The average Bonchev–Trinajstić information content (AvgIpc) is 2.36. The maximum absolute atomic E-state index is 12.6. The highest BCUT2D eigenvalue weighted by Crippen LogP contribution is 2.36. The van der Waals surface area contributed by atoms with E-state index in [2.05, 4.69) is 10.6 Å². The van der Waals surface area contributed by atoms with Crippen LogP contribution in [0.4, 0.5) is 23.7 Å². The molecule has 2 amide bonds. The third-order valence-corrected chi connectivity index (χ3v) is 2.93. The van der Waals surface area contributed by atoms with Gasteiger partial charge in [-0.25, -0.2) is 4.79 Å². The molecule has 1 aromatic carbocycles. The van der Waals surface area contributed by atoms with Crippen LogP contribution in [-0.2, 0) is 6.18 Å². The van der Waals surface area contributed by atoms with Gasteiger partial charge in [-0.1, -0.05) is 31.4 Å². The van der Waals surface area contributed by atoms with Gasteiger partial charge in [0.05, 0.1) is 10.6 Å². The smallest absolute Gasteiger partial charge is 0.338 e. The molecule has 0 aliphatic rings. The lowest BCUT2D eigenvalue weighted by Gasteiger charge is -2.12. The van der Waals surface area contributed by atoms with Crippen LogP contribution in [0.5, 0.6) is 0 Å². The fourth-order valence-electron chi connectivity index (χ4n) is 1.57. The molecule has 1 aromatic rings. The number of alkyl halides is 3. The maximum Gasteiger partial charge on any atom is 0.417 e. The number of unbranched alkanes of at least 4 members (excludes halogenated alkanes) is 2. The van der Waals surface area contributed by atoms with Gasteiger partial charge in [-0.2, -0.15) is 13.2 Å². The molecule has 0 saturated carbocycles. The molecule has 0 heterocycles. The molecular weight excluding hydrogens is 293 g/mol. The number of rotatable bonds is 5. The van der Waals surface area contributed by atoms with Crippen LogP contribution in [0.3, 0.4) is 0 Å². The molecule has 0 radical (unpaired) electrons. The Hall–Kier alpha value is -1.43. The summed E-state index contributed by atoms with van der Waals surface area (Å²) in [7, 11) is 0. The molecule has 0 atom stereocenters. The molecule has 0 aliphatic heterocycles. The highest BCUT2D eigenvalue weighted by molar-refractivity contribution is 6.31. The van der Waals surface area contributed by atoms with E-state index < -0.39 is 22.8 Å². The van der Waals surface area contributed by atoms with Crippen LogP contribution in [0.2, 0.25) is 5.02 Å². The summed E-state index contributed by atoms with van der Waals surface area (Å²) in [6, 6.07) is 2.71. The Morgan fingerprint density at radius 2 is 2.00 bits per heavy atom. The first-order chi connectivity index (χ1) is 9.34. The van der Waals surface area contributed by atoms with Gasteiger partial charge >= 0.3 is 12.2 Å². The molecule has 0 aliphatic carbocycles.